The minimum Gasteiger partial charge on any atom is -0.879 e. The molecule has 0 unspecified atom stereocenters. The van der Waals surface area contributed by atoms with Crippen LogP contribution in [0.3, 0.4) is 0 Å². The van der Waals surface area contributed by atoms with Crippen LogP contribution >= 0.6 is 0 Å². The van der Waals surface area contributed by atoms with Gasteiger partial charge in [0.1, 0.15) is 0 Å². The Balaban J connectivity index is -0.0000000817. The van der Waals surface area contributed by atoms with Gasteiger partial charge in [0.25, 0.3) is 0 Å². The van der Waals surface area contributed by atoms with Crippen LogP contribution in [0.25, 0.3) is 0 Å². The third-order valence-corrected chi connectivity index (χ3v) is 0.375. The molecule has 0 saturated heterocycles. The molecule has 6 nitrogen and oxygen atoms in total. The molecule has 0 bridgehead atoms. The summed E-state index contributed by atoms with van der Waals surface area (Å²) in [6.45, 7) is 0. The molecule has 0 atom stereocenters. The molecule has 0 aromatic rings. The molecule has 0 spiro atoms. The Morgan fingerprint density at radius 3 is 0.545 bits per heavy atom. The van der Waals surface area contributed by atoms with E-state index in [4.69, 9.17) is 30.6 Å². The Kier molecular flexibility index (Phi) is 14.8. The van der Waals surface area contributed by atoms with E-state index in [9.17, 15) is 0 Å². The van der Waals surface area contributed by atoms with Crippen molar-refractivity contribution in [3.8, 4) is 0 Å². The van der Waals surface area contributed by atoms with Gasteiger partial charge in [-0.25, -0.2) is 0 Å². The van der Waals surface area contributed by atoms with Gasteiger partial charge in [-0.3, -0.25) is 0 Å². The zero-order valence-electron chi connectivity index (χ0n) is 5.57. The second-order valence-electron chi connectivity index (χ2n) is 1.11. The van der Waals surface area contributed by atoms with Crippen molar-refractivity contribution >= 4 is 0 Å². The zero-order chi connectivity index (χ0) is 7.00. The predicted molar refractivity (Wildman–Crippen MR) is 5.46 cm³/mol. The van der Waals surface area contributed by atoms with Crippen molar-refractivity contribution in [3.05, 3.63) is 0 Å². The molecule has 0 amide bonds. The Bertz CT molecular complexity index is 70.8. The van der Waals surface area contributed by atoms with Gasteiger partial charge in [-0.15, -0.1) is 0 Å². The third-order valence-electron chi connectivity index (χ3n) is 0.375. The fraction of sp³-hybridized carbons (Fsp3) is 1.00. The Morgan fingerprint density at radius 1 is 0.455 bits per heavy atom. The molecule has 11 heavy (non-hydrogen) atoms. The molecule has 0 aromatic carbocycles. The average Bonchev–Trinajstić information content (AvgIpc) is 1.25. The molecule has 0 aliphatic heterocycles. The van der Waals surface area contributed by atoms with Crippen LogP contribution in [0.5, 0.6) is 0 Å². The van der Waals surface area contributed by atoms with Crippen LogP contribution < -0.4 is 30.6 Å². The van der Waals surface area contributed by atoms with Crippen molar-refractivity contribution in [3.63, 3.8) is 0 Å². The van der Waals surface area contributed by atoms with Crippen molar-refractivity contribution in [1.82, 2.24) is 0 Å². The summed E-state index contributed by atoms with van der Waals surface area (Å²) in [5, 5.41) is 54.5. The van der Waals surface area contributed by atoms with Gasteiger partial charge in [0.05, 0.1) is 0 Å². The third kappa shape index (κ3) is 9.54. The second kappa shape index (κ2) is 7.07. The van der Waals surface area contributed by atoms with Gasteiger partial charge < -0.3 is 42.6 Å². The van der Waals surface area contributed by atoms with Gasteiger partial charge in [0, 0.05) is 0 Å². The monoisotopic (exact) mass is 312 g/mol. The summed E-state index contributed by atoms with van der Waals surface area (Å²) in [6.07, 6.45) is 0. The standard InChI is InChI=1S/C2O6.3Zn/c3-1(4,5)2(6,7)8;;;/q-6;3*+2. The molecule has 50 valence electrons. The molecule has 0 heterocycles. The van der Waals surface area contributed by atoms with Gasteiger partial charge in [-0.1, -0.05) is 0 Å². The molecular weight excluding hydrogens is 316 g/mol. The van der Waals surface area contributed by atoms with E-state index in [2.05, 4.69) is 0 Å². The summed E-state index contributed by atoms with van der Waals surface area (Å²) in [5.74, 6) is -9.96. The average molecular weight is 316 g/mol. The van der Waals surface area contributed by atoms with Crippen LogP contribution in [0, 0.1) is 0 Å². The normalized spacial score (nSPS) is 10.4. The molecule has 0 rings (SSSR count). The fourth-order valence-corrected chi connectivity index (χ4v) is 0. The van der Waals surface area contributed by atoms with E-state index in [1.54, 1.807) is 0 Å². The molecule has 0 fully saturated rings. The number of rotatable bonds is 1. The van der Waals surface area contributed by atoms with Gasteiger partial charge in [-0.05, 0) is 0 Å². The number of hydrogen-bond donors (Lipinski definition) is 0. The van der Waals surface area contributed by atoms with Gasteiger partial charge in [0.2, 0.25) is 0 Å². The second-order valence-corrected chi connectivity index (χ2v) is 1.11. The quantitative estimate of drug-likeness (QED) is 0.348. The van der Waals surface area contributed by atoms with Crippen molar-refractivity contribution < 1.29 is 89.1 Å². The molecule has 0 aromatic heterocycles. The zero-order valence-corrected chi connectivity index (χ0v) is 14.5. The summed E-state index contributed by atoms with van der Waals surface area (Å²) in [7, 11) is 0. The van der Waals surface area contributed by atoms with Crippen molar-refractivity contribution in [2.45, 2.75) is 11.9 Å². The Morgan fingerprint density at radius 2 is 0.545 bits per heavy atom. The molecule has 9 heteroatoms. The molecule has 0 radical (unpaired) electrons. The maximum absolute atomic E-state index is 9.08. The summed E-state index contributed by atoms with van der Waals surface area (Å²) >= 11 is 0. The molecule has 0 aliphatic carbocycles. The first kappa shape index (κ1) is 22.9. The van der Waals surface area contributed by atoms with Crippen LogP contribution in [0.4, 0.5) is 0 Å². The molecular formula is C2O6Zn3. The van der Waals surface area contributed by atoms with Crippen LogP contribution in [0.1, 0.15) is 0 Å². The largest absolute Gasteiger partial charge is 2.00 e. The summed E-state index contributed by atoms with van der Waals surface area (Å²) in [6, 6.07) is 0. The summed E-state index contributed by atoms with van der Waals surface area (Å²) < 4.78 is 0. The van der Waals surface area contributed by atoms with Gasteiger partial charge >= 0.3 is 58.4 Å². The van der Waals surface area contributed by atoms with Crippen LogP contribution in [0.15, 0.2) is 0 Å². The van der Waals surface area contributed by atoms with E-state index in [0.717, 1.165) is 0 Å². The van der Waals surface area contributed by atoms with Crippen molar-refractivity contribution in [2.24, 2.45) is 0 Å². The van der Waals surface area contributed by atoms with Gasteiger partial charge in [0.15, 0.2) is 0 Å². The van der Waals surface area contributed by atoms with Crippen LogP contribution in [-0.2, 0) is 58.4 Å². The first-order valence-corrected chi connectivity index (χ1v) is 1.47. The maximum atomic E-state index is 9.08. The molecule has 0 N–H and O–H groups in total. The minimum absolute atomic E-state index is 0. The Hall–Kier alpha value is 1.63. The predicted octanol–water partition coefficient (Wildman–Crippen LogP) is -7.55. The summed E-state index contributed by atoms with van der Waals surface area (Å²) in [5.41, 5.74) is 0. The fourth-order valence-electron chi connectivity index (χ4n) is 0. The molecule has 0 aliphatic rings. The Labute approximate surface area is 101 Å². The first-order chi connectivity index (χ1) is 3.25. The van der Waals surface area contributed by atoms with E-state index in [1.165, 1.54) is 0 Å². The molecule has 0 saturated carbocycles. The van der Waals surface area contributed by atoms with E-state index >= 15 is 0 Å². The van der Waals surface area contributed by atoms with Gasteiger partial charge in [-0.2, -0.15) is 0 Å². The smallest absolute Gasteiger partial charge is 0.879 e. The topological polar surface area (TPSA) is 138 Å². The van der Waals surface area contributed by atoms with Crippen LogP contribution in [0.2, 0.25) is 0 Å². The van der Waals surface area contributed by atoms with Crippen LogP contribution in [-0.4, -0.2) is 11.9 Å². The summed E-state index contributed by atoms with van der Waals surface area (Å²) in [4.78, 5) is 0. The van der Waals surface area contributed by atoms with E-state index in [-0.39, 0.29) is 58.4 Å². The minimum atomic E-state index is -4.98. The van der Waals surface area contributed by atoms with E-state index in [1.807, 2.05) is 0 Å². The van der Waals surface area contributed by atoms with E-state index in [0.29, 0.717) is 0 Å². The maximum Gasteiger partial charge on any atom is 2.00 e. The van der Waals surface area contributed by atoms with E-state index < -0.39 is 11.9 Å². The van der Waals surface area contributed by atoms with Crippen molar-refractivity contribution in [1.29, 1.82) is 0 Å². The SMILES string of the molecule is [O-]C([O-])([O-])C([O-])([O-])[O-].[Zn+2].[Zn+2].[Zn+2]. The van der Waals surface area contributed by atoms with Crippen molar-refractivity contribution in [2.75, 3.05) is 0 Å². The number of hydrogen-bond acceptors (Lipinski definition) is 6. The first-order valence-electron chi connectivity index (χ1n) is 1.47.